The molecule has 0 spiro atoms. The molecular formula is C13H20ClN3O. The van der Waals surface area contributed by atoms with Crippen LogP contribution in [0.1, 0.15) is 31.1 Å². The second-order valence-electron chi connectivity index (χ2n) is 4.22. The van der Waals surface area contributed by atoms with Gasteiger partial charge in [0.25, 0.3) is 5.91 Å². The van der Waals surface area contributed by atoms with E-state index in [0.29, 0.717) is 10.6 Å². The maximum Gasteiger partial charge on any atom is 0.254 e. The molecule has 1 N–H and O–H groups in total. The molecule has 100 valence electrons. The molecule has 1 unspecified atom stereocenters. The summed E-state index contributed by atoms with van der Waals surface area (Å²) in [7, 11) is 0. The van der Waals surface area contributed by atoms with Gasteiger partial charge in [0.2, 0.25) is 0 Å². The van der Waals surface area contributed by atoms with Crippen LogP contribution in [0.25, 0.3) is 0 Å². The Balaban J connectivity index is 2.57. The maximum atomic E-state index is 12.0. The predicted molar refractivity (Wildman–Crippen MR) is 74.0 cm³/mol. The third kappa shape index (κ3) is 4.27. The first kappa shape index (κ1) is 14.9. The van der Waals surface area contributed by atoms with Crippen LogP contribution in [0.2, 0.25) is 5.02 Å². The standard InChI is InChI=1S/C13H20ClN3O/c1-4-17(5-2)9-10(3)16-13(18)11-8-15-7-6-12(11)14/h6-8,10H,4-5,9H2,1-3H3,(H,16,18). The molecule has 1 aromatic rings. The maximum absolute atomic E-state index is 12.0. The van der Waals surface area contributed by atoms with E-state index < -0.39 is 0 Å². The van der Waals surface area contributed by atoms with Crippen molar-refractivity contribution in [2.75, 3.05) is 19.6 Å². The average molecular weight is 270 g/mol. The predicted octanol–water partition coefficient (Wildman–Crippen LogP) is 2.20. The Morgan fingerprint density at radius 2 is 2.17 bits per heavy atom. The molecule has 0 radical (unpaired) electrons. The lowest BCUT2D eigenvalue weighted by atomic mass is 10.2. The fourth-order valence-electron chi connectivity index (χ4n) is 1.76. The van der Waals surface area contributed by atoms with Crippen LogP contribution >= 0.6 is 11.6 Å². The number of hydrogen-bond acceptors (Lipinski definition) is 3. The minimum absolute atomic E-state index is 0.0775. The fraction of sp³-hybridized carbons (Fsp3) is 0.538. The molecule has 1 heterocycles. The summed E-state index contributed by atoms with van der Waals surface area (Å²) < 4.78 is 0. The second-order valence-corrected chi connectivity index (χ2v) is 4.62. The Morgan fingerprint density at radius 1 is 1.50 bits per heavy atom. The second kappa shape index (κ2) is 7.34. The first-order valence-electron chi connectivity index (χ1n) is 6.21. The molecule has 0 bridgehead atoms. The zero-order valence-corrected chi connectivity index (χ0v) is 11.9. The highest BCUT2D eigenvalue weighted by Crippen LogP contribution is 2.13. The quantitative estimate of drug-likeness (QED) is 0.861. The Hall–Kier alpha value is -1.13. The lowest BCUT2D eigenvalue weighted by Gasteiger charge is -2.23. The monoisotopic (exact) mass is 269 g/mol. The number of aromatic nitrogens is 1. The number of hydrogen-bond donors (Lipinski definition) is 1. The Bertz CT molecular complexity index is 394. The lowest BCUT2D eigenvalue weighted by molar-refractivity contribution is 0.0930. The third-order valence-corrected chi connectivity index (χ3v) is 3.15. The van der Waals surface area contributed by atoms with Crippen molar-refractivity contribution in [2.45, 2.75) is 26.8 Å². The summed E-state index contributed by atoms with van der Waals surface area (Å²) in [4.78, 5) is 18.2. The number of amides is 1. The van der Waals surface area contributed by atoms with E-state index in [1.54, 1.807) is 12.3 Å². The summed E-state index contributed by atoms with van der Waals surface area (Å²) in [6, 6.07) is 1.69. The van der Waals surface area contributed by atoms with Crippen molar-refractivity contribution < 1.29 is 4.79 Å². The molecule has 0 fully saturated rings. The Kier molecular flexibility index (Phi) is 6.09. The van der Waals surface area contributed by atoms with E-state index in [1.165, 1.54) is 6.20 Å². The van der Waals surface area contributed by atoms with E-state index in [2.05, 4.69) is 29.0 Å². The number of rotatable bonds is 6. The van der Waals surface area contributed by atoms with Crippen molar-refractivity contribution in [1.82, 2.24) is 15.2 Å². The Labute approximate surface area is 113 Å². The van der Waals surface area contributed by atoms with Crippen molar-refractivity contribution >= 4 is 17.5 Å². The van der Waals surface area contributed by atoms with Crippen molar-refractivity contribution in [3.05, 3.63) is 29.0 Å². The first-order valence-corrected chi connectivity index (χ1v) is 6.59. The number of halogens is 1. The number of pyridine rings is 1. The van der Waals surface area contributed by atoms with Crippen LogP contribution < -0.4 is 5.32 Å². The molecule has 0 saturated carbocycles. The summed E-state index contributed by atoms with van der Waals surface area (Å²) in [6.07, 6.45) is 3.06. The molecule has 0 aliphatic heterocycles. The van der Waals surface area contributed by atoms with Gasteiger partial charge in [0.1, 0.15) is 0 Å². The molecule has 0 aromatic carbocycles. The lowest BCUT2D eigenvalue weighted by Crippen LogP contribution is -2.42. The van der Waals surface area contributed by atoms with Gasteiger partial charge in [-0.2, -0.15) is 0 Å². The van der Waals surface area contributed by atoms with Crippen molar-refractivity contribution in [2.24, 2.45) is 0 Å². The van der Waals surface area contributed by atoms with E-state index in [9.17, 15) is 4.79 Å². The number of carbonyl (C=O) groups excluding carboxylic acids is 1. The highest BCUT2D eigenvalue weighted by atomic mass is 35.5. The molecule has 5 heteroatoms. The molecule has 0 aliphatic carbocycles. The number of nitrogens with zero attached hydrogens (tertiary/aromatic N) is 2. The van der Waals surface area contributed by atoms with E-state index in [-0.39, 0.29) is 11.9 Å². The summed E-state index contributed by atoms with van der Waals surface area (Å²) in [5.41, 5.74) is 0.422. The highest BCUT2D eigenvalue weighted by Gasteiger charge is 2.14. The van der Waals surface area contributed by atoms with Gasteiger partial charge >= 0.3 is 0 Å². The van der Waals surface area contributed by atoms with Gasteiger partial charge < -0.3 is 10.2 Å². The molecule has 4 nitrogen and oxygen atoms in total. The van der Waals surface area contributed by atoms with Crippen LogP contribution in [-0.4, -0.2) is 41.5 Å². The molecule has 0 aliphatic rings. The van der Waals surface area contributed by atoms with E-state index in [4.69, 9.17) is 11.6 Å². The fourth-order valence-corrected chi connectivity index (χ4v) is 1.95. The van der Waals surface area contributed by atoms with Crippen LogP contribution in [0, 0.1) is 0 Å². The number of likely N-dealkylation sites (N-methyl/N-ethyl adjacent to an activating group) is 1. The summed E-state index contributed by atoms with van der Waals surface area (Å²) in [5, 5.41) is 3.36. The first-order chi connectivity index (χ1) is 8.58. The SMILES string of the molecule is CCN(CC)CC(C)NC(=O)c1cnccc1Cl. The number of nitrogens with one attached hydrogen (secondary N) is 1. The third-order valence-electron chi connectivity index (χ3n) is 2.82. The molecule has 1 amide bonds. The molecule has 1 aromatic heterocycles. The normalized spacial score (nSPS) is 12.5. The minimum atomic E-state index is -0.173. The van der Waals surface area contributed by atoms with Gasteiger partial charge in [0.05, 0.1) is 10.6 Å². The van der Waals surface area contributed by atoms with Gasteiger partial charge in [0.15, 0.2) is 0 Å². The topological polar surface area (TPSA) is 45.2 Å². The van der Waals surface area contributed by atoms with Gasteiger partial charge in [0, 0.05) is 25.0 Å². The van der Waals surface area contributed by atoms with Crippen LogP contribution in [0.5, 0.6) is 0 Å². The average Bonchev–Trinajstić information content (AvgIpc) is 2.36. The summed E-state index contributed by atoms with van der Waals surface area (Å²) >= 11 is 5.95. The van der Waals surface area contributed by atoms with Gasteiger partial charge in [-0.3, -0.25) is 9.78 Å². The number of carbonyl (C=O) groups is 1. The zero-order valence-electron chi connectivity index (χ0n) is 11.1. The summed E-state index contributed by atoms with van der Waals surface area (Å²) in [5.74, 6) is -0.173. The van der Waals surface area contributed by atoms with E-state index in [0.717, 1.165) is 19.6 Å². The van der Waals surface area contributed by atoms with Crippen LogP contribution in [0.3, 0.4) is 0 Å². The molecule has 1 rings (SSSR count). The van der Waals surface area contributed by atoms with E-state index in [1.807, 2.05) is 6.92 Å². The zero-order chi connectivity index (χ0) is 13.5. The van der Waals surface area contributed by atoms with Gasteiger partial charge in [-0.15, -0.1) is 0 Å². The van der Waals surface area contributed by atoms with Crippen LogP contribution in [-0.2, 0) is 0 Å². The smallest absolute Gasteiger partial charge is 0.254 e. The van der Waals surface area contributed by atoms with Gasteiger partial charge in [-0.25, -0.2) is 0 Å². The van der Waals surface area contributed by atoms with Crippen LogP contribution in [0.15, 0.2) is 18.5 Å². The highest BCUT2D eigenvalue weighted by molar-refractivity contribution is 6.33. The molecular weight excluding hydrogens is 250 g/mol. The van der Waals surface area contributed by atoms with Crippen molar-refractivity contribution in [1.29, 1.82) is 0 Å². The van der Waals surface area contributed by atoms with Crippen molar-refractivity contribution in [3.63, 3.8) is 0 Å². The van der Waals surface area contributed by atoms with Gasteiger partial charge in [-0.1, -0.05) is 25.4 Å². The minimum Gasteiger partial charge on any atom is -0.348 e. The van der Waals surface area contributed by atoms with Crippen LogP contribution in [0.4, 0.5) is 0 Å². The Morgan fingerprint density at radius 3 is 2.72 bits per heavy atom. The molecule has 1 atom stereocenters. The molecule has 0 saturated heterocycles. The largest absolute Gasteiger partial charge is 0.348 e. The van der Waals surface area contributed by atoms with Gasteiger partial charge in [-0.05, 0) is 26.1 Å². The van der Waals surface area contributed by atoms with Crippen molar-refractivity contribution in [3.8, 4) is 0 Å². The molecule has 18 heavy (non-hydrogen) atoms. The van der Waals surface area contributed by atoms with E-state index >= 15 is 0 Å². The summed E-state index contributed by atoms with van der Waals surface area (Å²) in [6.45, 7) is 8.98.